The molecule has 0 spiro atoms. The number of ether oxygens (including phenoxy) is 1. The van der Waals surface area contributed by atoms with Crippen molar-refractivity contribution in [2.45, 2.75) is 50.8 Å². The Hall–Kier alpha value is -2.83. The summed E-state index contributed by atoms with van der Waals surface area (Å²) < 4.78 is 5.39. The fraction of sp³-hybridized carbons (Fsp3) is 0.448. The highest BCUT2D eigenvalue weighted by atomic mass is 32.2. The largest absolute Gasteiger partial charge is 0.381 e. The minimum atomic E-state index is -0.123. The van der Waals surface area contributed by atoms with Gasteiger partial charge in [-0.1, -0.05) is 48.4 Å². The maximum absolute atomic E-state index is 5.87. The molecule has 0 amide bonds. The summed E-state index contributed by atoms with van der Waals surface area (Å²) in [5, 5.41) is 11.8. The Morgan fingerprint density at radius 1 is 1.22 bits per heavy atom. The molecule has 36 heavy (non-hydrogen) atoms. The fourth-order valence-electron chi connectivity index (χ4n) is 4.34. The van der Waals surface area contributed by atoms with E-state index in [9.17, 15) is 0 Å². The van der Waals surface area contributed by atoms with E-state index in [1.807, 2.05) is 25.1 Å². The molecule has 2 aromatic heterocycles. The highest BCUT2D eigenvalue weighted by molar-refractivity contribution is 8.04. The van der Waals surface area contributed by atoms with Gasteiger partial charge in [-0.25, -0.2) is 4.98 Å². The number of piperidine rings is 1. The van der Waals surface area contributed by atoms with Crippen LogP contribution in [0.4, 0.5) is 0 Å². The molecule has 2 N–H and O–H groups in total. The van der Waals surface area contributed by atoms with Crippen molar-refractivity contribution in [1.29, 1.82) is 0 Å². The van der Waals surface area contributed by atoms with Crippen molar-refractivity contribution in [3.05, 3.63) is 66.6 Å². The summed E-state index contributed by atoms with van der Waals surface area (Å²) in [6.07, 6.45) is 14.4. The molecular weight excluding hydrogens is 466 g/mol. The number of hydrogen-bond donors (Lipinski definition) is 2. The van der Waals surface area contributed by atoms with E-state index in [0.717, 1.165) is 53.7 Å². The van der Waals surface area contributed by atoms with Crippen molar-refractivity contribution in [3.8, 4) is 5.69 Å². The van der Waals surface area contributed by atoms with Crippen molar-refractivity contribution >= 4 is 32.5 Å². The second kappa shape index (κ2) is 14.0. The summed E-state index contributed by atoms with van der Waals surface area (Å²) in [6.45, 7) is 16.9. The molecule has 4 heterocycles. The van der Waals surface area contributed by atoms with Gasteiger partial charge < -0.3 is 15.0 Å². The van der Waals surface area contributed by atoms with Crippen LogP contribution in [0.5, 0.6) is 0 Å². The van der Waals surface area contributed by atoms with Crippen LogP contribution in [-0.4, -0.2) is 70.1 Å². The van der Waals surface area contributed by atoms with E-state index in [0.29, 0.717) is 5.25 Å². The van der Waals surface area contributed by atoms with Gasteiger partial charge in [0.2, 0.25) is 0 Å². The van der Waals surface area contributed by atoms with Crippen LogP contribution in [0.25, 0.3) is 16.7 Å². The smallest absolute Gasteiger partial charge is 0.155 e. The Labute approximate surface area is 218 Å². The number of nitrogens with zero attached hydrogens (tertiary/aromatic N) is 3. The minimum Gasteiger partial charge on any atom is -0.381 e. The van der Waals surface area contributed by atoms with Crippen molar-refractivity contribution in [3.63, 3.8) is 0 Å². The number of aromatic nitrogens is 3. The fourth-order valence-corrected chi connectivity index (χ4v) is 5.16. The molecule has 4 rings (SSSR count). The van der Waals surface area contributed by atoms with Crippen LogP contribution in [0.15, 0.2) is 61.0 Å². The number of pyridine rings is 1. The van der Waals surface area contributed by atoms with Crippen LogP contribution in [0.1, 0.15) is 45.1 Å². The molecule has 6 nitrogen and oxygen atoms in total. The summed E-state index contributed by atoms with van der Waals surface area (Å²) in [4.78, 5) is 6.94. The van der Waals surface area contributed by atoms with Crippen molar-refractivity contribution in [2.75, 3.05) is 32.8 Å². The zero-order valence-corrected chi connectivity index (χ0v) is 22.7. The maximum atomic E-state index is 5.87. The Bertz CT molecular complexity index is 1210. The van der Waals surface area contributed by atoms with E-state index in [1.165, 1.54) is 44.3 Å². The van der Waals surface area contributed by atoms with Gasteiger partial charge in [-0.2, -0.15) is 15.0 Å². The third kappa shape index (κ3) is 8.38. The van der Waals surface area contributed by atoms with Gasteiger partial charge in [-0.05, 0) is 58.7 Å². The van der Waals surface area contributed by atoms with E-state index in [4.69, 9.17) is 10.4 Å². The first kappa shape index (κ1) is 27.8. The first-order chi connectivity index (χ1) is 17.4. The SMILES string of the molecule is C#S(=C)C1CCN(C2CCOCC2)CC1.C=C/C(C)=C\C=C(/C)CNC(=C)c1cnc2[nH]ncc2c1. The van der Waals surface area contributed by atoms with Crippen LogP contribution in [0.2, 0.25) is 0 Å². The van der Waals surface area contributed by atoms with Gasteiger partial charge in [-0.15, -0.1) is 5.69 Å². The van der Waals surface area contributed by atoms with Gasteiger partial charge in [-0.3, -0.25) is 5.10 Å². The Morgan fingerprint density at radius 3 is 2.61 bits per heavy atom. The predicted octanol–water partition coefficient (Wildman–Crippen LogP) is 5.52. The van der Waals surface area contributed by atoms with Crippen LogP contribution in [0.3, 0.4) is 0 Å². The average molecular weight is 508 g/mol. The second-order valence-electron chi connectivity index (χ2n) is 9.54. The standard InChI is InChI=1S/C17H20N4.C12H21NOS/c1-5-12(2)6-7-13(3)9-18-14(4)15-8-16-11-20-21-17(16)19-10-15;1-15(2)12-3-7-13(8-4-12)11-5-9-14-10-6-11/h5-8,10-11,18H,1,4,9H2,2-3H3,(H,19,20,21);1,11-12H,2-10H2/b12-6-,13-7+;. The molecule has 0 radical (unpaired) electrons. The number of allylic oxidation sites excluding steroid dienone is 4. The van der Waals surface area contributed by atoms with Gasteiger partial charge >= 0.3 is 0 Å². The Balaban J connectivity index is 0.000000212. The second-order valence-corrected chi connectivity index (χ2v) is 11.1. The molecule has 0 aromatic carbocycles. The first-order valence-corrected chi connectivity index (χ1v) is 14.2. The summed E-state index contributed by atoms with van der Waals surface area (Å²) in [7, 11) is -0.123. The quantitative estimate of drug-likeness (QED) is 0.382. The van der Waals surface area contributed by atoms with Gasteiger partial charge in [0, 0.05) is 53.9 Å². The molecule has 2 aliphatic rings. The third-order valence-electron chi connectivity index (χ3n) is 6.79. The highest BCUT2D eigenvalue weighted by Gasteiger charge is 2.25. The molecule has 2 saturated heterocycles. The number of nitrogens with one attached hydrogen (secondary N) is 2. The number of aromatic amines is 1. The lowest BCUT2D eigenvalue weighted by molar-refractivity contribution is 0.0280. The Kier molecular flexibility index (Phi) is 10.8. The monoisotopic (exact) mass is 507 g/mol. The van der Waals surface area contributed by atoms with E-state index >= 15 is 0 Å². The summed E-state index contributed by atoms with van der Waals surface area (Å²) >= 11 is 0. The van der Waals surface area contributed by atoms with E-state index in [2.05, 4.69) is 57.4 Å². The number of rotatable bonds is 7. The summed E-state index contributed by atoms with van der Waals surface area (Å²) in [5.74, 6) is 3.97. The van der Waals surface area contributed by atoms with Gasteiger partial charge in [0.15, 0.2) is 5.65 Å². The van der Waals surface area contributed by atoms with Crippen molar-refractivity contribution in [2.24, 2.45) is 0 Å². The van der Waals surface area contributed by atoms with Crippen LogP contribution in [0, 0.1) is 5.69 Å². The topological polar surface area (TPSA) is 66.1 Å². The Morgan fingerprint density at radius 2 is 1.94 bits per heavy atom. The van der Waals surface area contributed by atoms with E-state index in [-0.39, 0.29) is 9.89 Å². The molecule has 0 unspecified atom stereocenters. The van der Waals surface area contributed by atoms with Crippen LogP contribution < -0.4 is 5.32 Å². The van der Waals surface area contributed by atoms with Crippen LogP contribution in [-0.2, 0) is 4.74 Å². The van der Waals surface area contributed by atoms with Gasteiger partial charge in [0.05, 0.1) is 6.20 Å². The van der Waals surface area contributed by atoms with Crippen LogP contribution >= 0.6 is 9.89 Å². The molecule has 0 bridgehead atoms. The van der Waals surface area contributed by atoms with E-state index < -0.39 is 0 Å². The molecule has 2 aromatic rings. The van der Waals surface area contributed by atoms with Gasteiger partial charge in [0.25, 0.3) is 0 Å². The summed E-state index contributed by atoms with van der Waals surface area (Å²) in [6, 6.07) is 2.78. The minimum absolute atomic E-state index is 0.123. The van der Waals surface area contributed by atoms with Gasteiger partial charge in [0.1, 0.15) is 0 Å². The molecular formula is C29H41N5OS. The normalized spacial score (nSPS) is 18.4. The number of fused-ring (bicyclic) bond motifs is 1. The average Bonchev–Trinajstić information content (AvgIpc) is 3.39. The zero-order valence-electron chi connectivity index (χ0n) is 21.8. The maximum Gasteiger partial charge on any atom is 0.155 e. The molecule has 2 fully saturated rings. The lowest BCUT2D eigenvalue weighted by atomic mass is 10.0. The molecule has 0 aliphatic carbocycles. The number of H-pyrrole nitrogens is 1. The first-order valence-electron chi connectivity index (χ1n) is 12.6. The molecule has 7 heteroatoms. The lowest BCUT2D eigenvalue weighted by Crippen LogP contribution is -2.44. The van der Waals surface area contributed by atoms with E-state index in [1.54, 1.807) is 12.4 Å². The zero-order chi connectivity index (χ0) is 25.9. The predicted molar refractivity (Wildman–Crippen MR) is 157 cm³/mol. The summed E-state index contributed by atoms with van der Waals surface area (Å²) in [5.41, 5.74) is 10.8. The molecule has 194 valence electrons. The molecule has 0 atom stereocenters. The lowest BCUT2D eigenvalue weighted by Gasteiger charge is -2.38. The number of hydrogen-bond acceptors (Lipinski definition) is 5. The molecule has 0 saturated carbocycles. The highest BCUT2D eigenvalue weighted by Crippen LogP contribution is 2.24. The third-order valence-corrected chi connectivity index (χ3v) is 8.11. The van der Waals surface area contributed by atoms with Crippen molar-refractivity contribution in [1.82, 2.24) is 25.4 Å². The molecule has 2 aliphatic heterocycles. The number of likely N-dealkylation sites (tertiary alicyclic amines) is 1. The van der Waals surface area contributed by atoms with Crippen molar-refractivity contribution < 1.29 is 4.74 Å².